The van der Waals surface area contributed by atoms with Crippen LogP contribution in [0.1, 0.15) is 22.8 Å². The summed E-state index contributed by atoms with van der Waals surface area (Å²) in [4.78, 5) is 35.3. The first-order chi connectivity index (χ1) is 13.4. The van der Waals surface area contributed by atoms with Gasteiger partial charge in [0, 0.05) is 44.6 Å². The summed E-state index contributed by atoms with van der Waals surface area (Å²) in [5.41, 5.74) is 3.13. The highest BCUT2D eigenvalue weighted by atomic mass is 16.2. The molecule has 1 aliphatic heterocycles. The Kier molecular flexibility index (Phi) is 5.94. The van der Waals surface area contributed by atoms with Crippen molar-refractivity contribution in [1.82, 2.24) is 14.8 Å². The maximum atomic E-state index is 13.2. The maximum Gasteiger partial charge on any atom is 0.254 e. The van der Waals surface area contributed by atoms with E-state index in [0.29, 0.717) is 24.3 Å². The number of fused-ring (bicyclic) bond motifs is 1. The monoisotopic (exact) mass is 381 g/mol. The minimum atomic E-state index is -0.240. The summed E-state index contributed by atoms with van der Waals surface area (Å²) in [6.07, 6.45) is 3.50. The lowest BCUT2D eigenvalue weighted by Crippen LogP contribution is -2.44. The lowest BCUT2D eigenvalue weighted by Gasteiger charge is -2.33. The van der Waals surface area contributed by atoms with Crippen LogP contribution in [-0.2, 0) is 11.3 Å². The third-order valence-electron chi connectivity index (χ3n) is 5.04. The van der Waals surface area contributed by atoms with E-state index in [9.17, 15) is 9.59 Å². The van der Waals surface area contributed by atoms with Gasteiger partial charge in [0.05, 0.1) is 11.4 Å². The van der Waals surface area contributed by atoms with Gasteiger partial charge in [-0.1, -0.05) is 6.07 Å². The highest BCUT2D eigenvalue weighted by Gasteiger charge is 2.28. The van der Waals surface area contributed by atoms with E-state index < -0.39 is 0 Å². The summed E-state index contributed by atoms with van der Waals surface area (Å²) in [5, 5.41) is 2.90. The molecule has 0 bridgehead atoms. The van der Waals surface area contributed by atoms with Crippen molar-refractivity contribution in [1.29, 1.82) is 0 Å². The van der Waals surface area contributed by atoms with Gasteiger partial charge in [-0.15, -0.1) is 0 Å². The van der Waals surface area contributed by atoms with E-state index in [0.717, 1.165) is 17.8 Å². The third-order valence-corrected chi connectivity index (χ3v) is 5.04. The molecule has 0 spiro atoms. The number of amides is 2. The Morgan fingerprint density at radius 3 is 2.71 bits per heavy atom. The number of nitrogens with zero attached hydrogens (tertiary/aromatic N) is 4. The Labute approximate surface area is 166 Å². The smallest absolute Gasteiger partial charge is 0.254 e. The van der Waals surface area contributed by atoms with Crippen molar-refractivity contribution in [3.05, 3.63) is 53.9 Å². The van der Waals surface area contributed by atoms with Crippen molar-refractivity contribution in [2.24, 2.45) is 0 Å². The molecule has 3 rings (SSSR count). The van der Waals surface area contributed by atoms with Crippen molar-refractivity contribution in [3.63, 3.8) is 0 Å². The van der Waals surface area contributed by atoms with Gasteiger partial charge in [-0.25, -0.2) is 0 Å². The molecule has 0 aliphatic carbocycles. The zero-order chi connectivity index (χ0) is 20.3. The number of nitrogens with one attached hydrogen (secondary N) is 1. The van der Waals surface area contributed by atoms with Crippen LogP contribution >= 0.6 is 0 Å². The average Bonchev–Trinajstić information content (AvgIpc) is 2.69. The van der Waals surface area contributed by atoms with Crippen LogP contribution in [0, 0.1) is 0 Å². The molecule has 7 heteroatoms. The Bertz CT molecular complexity index is 853. The standard InChI is InChI=1S/C21H27N5O2/c1-15-20(27)23-18-12-17(7-8-19(18)25(15)4)21(28)26(11-10-24(2)3)14-16-6-5-9-22-13-16/h5-9,12-13,15H,10-11,14H2,1-4H3,(H,23,27). The maximum absolute atomic E-state index is 13.2. The number of aromatic nitrogens is 1. The van der Waals surface area contributed by atoms with E-state index in [1.54, 1.807) is 18.5 Å². The first-order valence-electron chi connectivity index (χ1n) is 9.37. The number of hydrogen-bond donors (Lipinski definition) is 1. The van der Waals surface area contributed by atoms with Gasteiger partial charge in [0.25, 0.3) is 5.91 Å². The molecule has 0 saturated carbocycles. The molecular formula is C21H27N5O2. The second kappa shape index (κ2) is 8.39. The highest BCUT2D eigenvalue weighted by molar-refractivity contribution is 6.05. The van der Waals surface area contributed by atoms with Gasteiger partial charge in [-0.3, -0.25) is 14.6 Å². The summed E-state index contributed by atoms with van der Waals surface area (Å²) in [6.45, 7) is 3.70. The fourth-order valence-corrected chi connectivity index (χ4v) is 3.17. The zero-order valence-electron chi connectivity index (χ0n) is 16.8. The Morgan fingerprint density at radius 1 is 1.25 bits per heavy atom. The van der Waals surface area contributed by atoms with Crippen molar-refractivity contribution in [3.8, 4) is 0 Å². The highest BCUT2D eigenvalue weighted by Crippen LogP contribution is 2.32. The molecule has 0 fully saturated rings. The number of carbonyl (C=O) groups is 2. The van der Waals surface area contributed by atoms with Crippen LogP contribution in [0.25, 0.3) is 0 Å². The van der Waals surface area contributed by atoms with Gasteiger partial charge in [0.2, 0.25) is 5.91 Å². The molecule has 0 radical (unpaired) electrons. The molecule has 2 heterocycles. The SMILES string of the molecule is CC1C(=O)Nc2cc(C(=O)N(CCN(C)C)Cc3cccnc3)ccc2N1C. The van der Waals surface area contributed by atoms with E-state index in [-0.39, 0.29) is 17.9 Å². The van der Waals surface area contributed by atoms with Crippen LogP contribution in [-0.4, -0.2) is 66.9 Å². The number of benzene rings is 1. The Balaban J connectivity index is 1.86. The van der Waals surface area contributed by atoms with E-state index in [1.165, 1.54) is 0 Å². The summed E-state index contributed by atoms with van der Waals surface area (Å²) in [5.74, 6) is -0.136. The first kappa shape index (κ1) is 19.8. The quantitative estimate of drug-likeness (QED) is 0.830. The number of rotatable bonds is 6. The number of pyridine rings is 1. The molecule has 1 aliphatic rings. The molecule has 28 heavy (non-hydrogen) atoms. The molecule has 7 nitrogen and oxygen atoms in total. The van der Waals surface area contributed by atoms with Gasteiger partial charge in [0.15, 0.2) is 0 Å². The molecule has 1 atom stereocenters. The molecule has 0 saturated heterocycles. The second-order valence-corrected chi connectivity index (χ2v) is 7.40. The lowest BCUT2D eigenvalue weighted by atomic mass is 10.1. The number of carbonyl (C=O) groups excluding carboxylic acids is 2. The van der Waals surface area contributed by atoms with Crippen LogP contribution in [0.15, 0.2) is 42.7 Å². The van der Waals surface area contributed by atoms with Gasteiger partial charge in [0.1, 0.15) is 6.04 Å². The fraction of sp³-hybridized carbons (Fsp3) is 0.381. The normalized spacial score (nSPS) is 16.0. The molecule has 1 unspecified atom stereocenters. The average molecular weight is 381 g/mol. The van der Waals surface area contributed by atoms with Gasteiger partial charge < -0.3 is 20.0 Å². The van der Waals surface area contributed by atoms with Crippen LogP contribution < -0.4 is 10.2 Å². The topological polar surface area (TPSA) is 68.8 Å². The second-order valence-electron chi connectivity index (χ2n) is 7.40. The number of hydrogen-bond acceptors (Lipinski definition) is 5. The van der Waals surface area contributed by atoms with Crippen molar-refractivity contribution < 1.29 is 9.59 Å². The largest absolute Gasteiger partial charge is 0.361 e. The van der Waals surface area contributed by atoms with Crippen LogP contribution in [0.2, 0.25) is 0 Å². The predicted octanol–water partition coefficient (Wildman–Crippen LogP) is 2.06. The molecule has 2 amide bonds. The molecule has 2 aromatic rings. The van der Waals surface area contributed by atoms with E-state index in [4.69, 9.17) is 0 Å². The van der Waals surface area contributed by atoms with Gasteiger partial charge in [-0.2, -0.15) is 0 Å². The summed E-state index contributed by atoms with van der Waals surface area (Å²) in [7, 11) is 5.85. The summed E-state index contributed by atoms with van der Waals surface area (Å²) in [6, 6.07) is 9.09. The summed E-state index contributed by atoms with van der Waals surface area (Å²) >= 11 is 0. The van der Waals surface area contributed by atoms with E-state index in [1.807, 2.05) is 67.0 Å². The molecule has 1 aromatic heterocycles. The van der Waals surface area contributed by atoms with Crippen molar-refractivity contribution in [2.45, 2.75) is 19.5 Å². The first-order valence-corrected chi connectivity index (χ1v) is 9.37. The van der Waals surface area contributed by atoms with Crippen LogP contribution in [0.3, 0.4) is 0 Å². The van der Waals surface area contributed by atoms with Crippen LogP contribution in [0.4, 0.5) is 11.4 Å². The Hall–Kier alpha value is -2.93. The minimum absolute atomic E-state index is 0.0657. The van der Waals surface area contributed by atoms with E-state index in [2.05, 4.69) is 10.3 Å². The zero-order valence-corrected chi connectivity index (χ0v) is 16.8. The van der Waals surface area contributed by atoms with E-state index >= 15 is 0 Å². The van der Waals surface area contributed by atoms with Gasteiger partial charge >= 0.3 is 0 Å². The number of likely N-dealkylation sites (N-methyl/N-ethyl adjacent to an activating group) is 2. The third kappa shape index (κ3) is 4.31. The summed E-state index contributed by atoms with van der Waals surface area (Å²) < 4.78 is 0. The fourth-order valence-electron chi connectivity index (χ4n) is 3.17. The molecule has 1 N–H and O–H groups in total. The minimum Gasteiger partial charge on any atom is -0.361 e. The van der Waals surface area contributed by atoms with Crippen molar-refractivity contribution >= 4 is 23.2 Å². The molecular weight excluding hydrogens is 354 g/mol. The lowest BCUT2D eigenvalue weighted by molar-refractivity contribution is -0.117. The molecule has 148 valence electrons. The Morgan fingerprint density at radius 2 is 2.04 bits per heavy atom. The predicted molar refractivity (Wildman–Crippen MR) is 110 cm³/mol. The van der Waals surface area contributed by atoms with Crippen LogP contribution in [0.5, 0.6) is 0 Å². The van der Waals surface area contributed by atoms with Gasteiger partial charge in [-0.05, 0) is 50.8 Å². The van der Waals surface area contributed by atoms with Crippen molar-refractivity contribution in [2.75, 3.05) is 44.4 Å². The number of anilines is 2. The molecule has 1 aromatic carbocycles.